The number of aromatic nitrogens is 2. The second-order valence-corrected chi connectivity index (χ2v) is 15.6. The van der Waals surface area contributed by atoms with Crippen LogP contribution < -0.4 is 10.6 Å². The van der Waals surface area contributed by atoms with E-state index in [0.717, 1.165) is 30.5 Å². The molecule has 2 heterocycles. The van der Waals surface area contributed by atoms with Gasteiger partial charge in [0, 0.05) is 16.3 Å². The highest BCUT2D eigenvalue weighted by atomic mass is 28.3. The third-order valence-corrected chi connectivity index (χ3v) is 10.7. The van der Waals surface area contributed by atoms with Gasteiger partial charge in [0.05, 0.1) is 25.9 Å². The maximum absolute atomic E-state index is 13.3. The molecule has 9 heteroatoms. The largest absolute Gasteiger partial charge is 0.322 e. The van der Waals surface area contributed by atoms with Crippen molar-refractivity contribution in [2.75, 3.05) is 10.6 Å². The lowest BCUT2D eigenvalue weighted by atomic mass is 9.83. The van der Waals surface area contributed by atoms with Crippen LogP contribution in [-0.2, 0) is 16.9 Å². The van der Waals surface area contributed by atoms with E-state index in [4.69, 9.17) is 0 Å². The van der Waals surface area contributed by atoms with Crippen molar-refractivity contribution in [2.45, 2.75) is 69.9 Å². The summed E-state index contributed by atoms with van der Waals surface area (Å²) in [6, 6.07) is 5.37. The number of fused-ring (bicyclic) bond motifs is 1. The van der Waals surface area contributed by atoms with Crippen molar-refractivity contribution in [1.82, 2.24) is 15.1 Å². The van der Waals surface area contributed by atoms with Crippen LogP contribution in [0.3, 0.4) is 0 Å². The minimum atomic E-state index is -1.70. The topological polar surface area (TPSA) is 90.1 Å². The first kappa shape index (κ1) is 21.5. The van der Waals surface area contributed by atoms with E-state index in [0.29, 0.717) is 18.1 Å². The zero-order valence-electron chi connectivity index (χ0n) is 18.7. The fourth-order valence-electron chi connectivity index (χ4n) is 4.74. The van der Waals surface area contributed by atoms with Crippen molar-refractivity contribution in [3.05, 3.63) is 41.3 Å². The van der Waals surface area contributed by atoms with Crippen LogP contribution in [-0.4, -0.2) is 35.1 Å². The molecule has 1 saturated carbocycles. The first-order valence-corrected chi connectivity index (χ1v) is 14.2. The number of hydrogen-bond acceptors (Lipinski definition) is 3. The third-order valence-electron chi connectivity index (χ3n) is 7.12. The molecule has 4 rings (SSSR count). The number of hydrogen-bond donors (Lipinski definition) is 3. The van der Waals surface area contributed by atoms with E-state index in [1.54, 1.807) is 4.90 Å². The number of H-pyrrole nitrogens is 1. The Morgan fingerprint density at radius 3 is 2.32 bits per heavy atom. The molecule has 1 aliphatic carbocycles. The molecule has 0 saturated heterocycles. The summed E-state index contributed by atoms with van der Waals surface area (Å²) in [5, 5.41) is 13.1. The van der Waals surface area contributed by atoms with E-state index >= 15 is 0 Å². The molecule has 0 atom stereocenters. The van der Waals surface area contributed by atoms with E-state index < -0.39 is 13.6 Å². The minimum Gasteiger partial charge on any atom is -0.309 e. The Hall–Kier alpha value is -2.68. The molecule has 31 heavy (non-hydrogen) atoms. The molecule has 0 bridgehead atoms. The second kappa shape index (κ2) is 7.18. The van der Waals surface area contributed by atoms with Crippen LogP contribution in [0.1, 0.15) is 44.4 Å². The third kappa shape index (κ3) is 3.44. The van der Waals surface area contributed by atoms with E-state index in [1.807, 2.05) is 13.8 Å². The van der Waals surface area contributed by atoms with Gasteiger partial charge in [-0.25, -0.2) is 9.18 Å². The Labute approximate surface area is 182 Å². The molecule has 1 aromatic carbocycles. The number of carbonyl (C=O) groups is 2. The SMILES string of the molecule is CC1(C)c2[nH]nc(NC(=O)C3([Si](C)(C)C)CCC3)c2CN1C(=O)Nc1ccc(F)cc1. The summed E-state index contributed by atoms with van der Waals surface area (Å²) in [5.74, 6) is 0.206. The lowest BCUT2D eigenvalue weighted by Crippen LogP contribution is -2.52. The van der Waals surface area contributed by atoms with Crippen molar-refractivity contribution >= 4 is 31.5 Å². The lowest BCUT2D eigenvalue weighted by molar-refractivity contribution is -0.121. The summed E-state index contributed by atoms with van der Waals surface area (Å²) in [5.41, 5.74) is 1.53. The number of rotatable bonds is 4. The van der Waals surface area contributed by atoms with E-state index in [1.165, 1.54) is 24.3 Å². The fraction of sp³-hybridized carbons (Fsp3) is 0.500. The number of urea groups is 1. The zero-order valence-corrected chi connectivity index (χ0v) is 19.7. The van der Waals surface area contributed by atoms with Crippen LogP contribution in [0, 0.1) is 5.82 Å². The van der Waals surface area contributed by atoms with Gasteiger partial charge in [0.2, 0.25) is 5.91 Å². The molecule has 0 unspecified atom stereocenters. The molecule has 2 aliphatic rings. The first-order chi connectivity index (χ1) is 14.5. The van der Waals surface area contributed by atoms with Gasteiger partial charge in [0.25, 0.3) is 0 Å². The molecule has 166 valence electrons. The maximum atomic E-state index is 13.3. The quantitative estimate of drug-likeness (QED) is 0.579. The highest BCUT2D eigenvalue weighted by Gasteiger charge is 2.54. The number of halogens is 1. The van der Waals surface area contributed by atoms with Gasteiger partial charge in [-0.3, -0.25) is 9.89 Å². The van der Waals surface area contributed by atoms with Crippen molar-refractivity contribution in [3.8, 4) is 0 Å². The number of benzene rings is 1. The summed E-state index contributed by atoms with van der Waals surface area (Å²) < 4.78 is 13.2. The van der Waals surface area contributed by atoms with E-state index in [9.17, 15) is 14.0 Å². The monoisotopic (exact) mass is 443 g/mol. The van der Waals surface area contributed by atoms with Crippen molar-refractivity contribution in [2.24, 2.45) is 0 Å². The van der Waals surface area contributed by atoms with E-state index in [2.05, 4.69) is 40.5 Å². The zero-order chi connectivity index (χ0) is 22.6. The standard InChI is InChI=1S/C22H30FN5O2Si/c1-21(2)17-16(13-28(21)20(30)24-15-9-7-14(23)8-10-15)18(27-26-17)25-19(29)22(11-6-12-22)31(3,4)5/h7-10H,6,11-13H2,1-5H3,(H,24,30)(H2,25,26,27,29). The Bertz CT molecular complexity index is 1020. The number of nitrogens with zero attached hydrogens (tertiary/aromatic N) is 2. The highest BCUT2D eigenvalue weighted by molar-refractivity contribution is 6.83. The molecule has 7 nitrogen and oxygen atoms in total. The Morgan fingerprint density at radius 2 is 1.77 bits per heavy atom. The highest BCUT2D eigenvalue weighted by Crippen LogP contribution is 2.56. The van der Waals surface area contributed by atoms with Gasteiger partial charge >= 0.3 is 6.03 Å². The van der Waals surface area contributed by atoms with Gasteiger partial charge in [-0.05, 0) is 51.0 Å². The van der Waals surface area contributed by atoms with Gasteiger partial charge in [0.1, 0.15) is 5.82 Å². The number of amides is 3. The van der Waals surface area contributed by atoms with Crippen LogP contribution in [0.25, 0.3) is 0 Å². The van der Waals surface area contributed by atoms with Gasteiger partial charge in [0.15, 0.2) is 5.82 Å². The minimum absolute atomic E-state index is 0.0548. The second-order valence-electron chi connectivity index (χ2n) is 10.1. The van der Waals surface area contributed by atoms with Gasteiger partial charge < -0.3 is 15.5 Å². The maximum Gasteiger partial charge on any atom is 0.322 e. The average molecular weight is 444 g/mol. The van der Waals surface area contributed by atoms with Crippen LogP contribution in [0.15, 0.2) is 24.3 Å². The predicted octanol–water partition coefficient (Wildman–Crippen LogP) is 5.03. The number of anilines is 2. The Kier molecular flexibility index (Phi) is 4.99. The van der Waals surface area contributed by atoms with Crippen molar-refractivity contribution < 1.29 is 14.0 Å². The van der Waals surface area contributed by atoms with Crippen molar-refractivity contribution in [1.29, 1.82) is 0 Å². The summed E-state index contributed by atoms with van der Waals surface area (Å²) in [6.07, 6.45) is 2.94. The number of carbonyl (C=O) groups excluding carboxylic acids is 2. The van der Waals surface area contributed by atoms with Crippen LogP contribution in [0.4, 0.5) is 20.7 Å². The molecule has 0 radical (unpaired) electrons. The molecule has 1 aromatic heterocycles. The van der Waals surface area contributed by atoms with Crippen molar-refractivity contribution in [3.63, 3.8) is 0 Å². The van der Waals surface area contributed by atoms with Gasteiger partial charge in [-0.1, -0.05) is 26.1 Å². The summed E-state index contributed by atoms with van der Waals surface area (Å²) in [7, 11) is -1.70. The first-order valence-electron chi connectivity index (χ1n) is 10.7. The average Bonchev–Trinajstić information content (AvgIpc) is 3.13. The number of nitrogens with one attached hydrogen (secondary N) is 3. The molecule has 3 N–H and O–H groups in total. The molecule has 3 amide bonds. The molecular weight excluding hydrogens is 413 g/mol. The normalized spacial score (nSPS) is 18.8. The Morgan fingerprint density at radius 1 is 1.13 bits per heavy atom. The molecule has 2 aromatic rings. The lowest BCUT2D eigenvalue weighted by Gasteiger charge is -2.48. The fourth-order valence-corrected chi connectivity index (χ4v) is 7.34. The van der Waals surface area contributed by atoms with Crippen LogP contribution in [0.2, 0.25) is 24.7 Å². The van der Waals surface area contributed by atoms with E-state index in [-0.39, 0.29) is 22.8 Å². The molecule has 1 aliphatic heterocycles. The van der Waals surface area contributed by atoms with Gasteiger partial charge in [-0.15, -0.1) is 0 Å². The number of aromatic amines is 1. The van der Waals surface area contributed by atoms with Crippen LogP contribution >= 0.6 is 0 Å². The smallest absolute Gasteiger partial charge is 0.309 e. The summed E-state index contributed by atoms with van der Waals surface area (Å²) in [4.78, 5) is 27.9. The molecular formula is C22H30FN5O2Si. The van der Waals surface area contributed by atoms with Crippen LogP contribution in [0.5, 0.6) is 0 Å². The molecule has 1 fully saturated rings. The Balaban J connectivity index is 1.53. The predicted molar refractivity (Wildman–Crippen MR) is 121 cm³/mol. The summed E-state index contributed by atoms with van der Waals surface area (Å²) >= 11 is 0. The van der Waals surface area contributed by atoms with Gasteiger partial charge in [-0.2, -0.15) is 5.10 Å². The molecule has 0 spiro atoms. The summed E-state index contributed by atoms with van der Waals surface area (Å²) in [6.45, 7) is 10.9.